The Hall–Kier alpha value is -4.52. The summed E-state index contributed by atoms with van der Waals surface area (Å²) in [7, 11) is -21.3. The van der Waals surface area contributed by atoms with Crippen LogP contribution in [0.15, 0.2) is 48.5 Å². The summed E-state index contributed by atoms with van der Waals surface area (Å²) in [4.78, 5) is 0. The van der Waals surface area contributed by atoms with Crippen LogP contribution in [0.25, 0.3) is 21.5 Å². The third-order valence-electron chi connectivity index (χ3n) is 5.08. The number of hydrogen-bond donors (Lipinski definition) is 6. The number of phenolic OH excluding ortho intramolecular Hbond substituents is 4. The maximum atomic E-state index is 12.3. The standard InChI is InChI=1S/C20H14O19S4/c21-17-9-3-7-15(19(23)11(9)1-5-13(17)35-40(25,26)27)37-42(31,32)39-43(33,34)38-16-8-4-10-12(20(16)24)2-6-14(18(10)22)36-41(28,29)30/h1-8,21-24H,(H,25,26,27)(H,28,29,30). The van der Waals surface area contributed by atoms with Crippen molar-refractivity contribution in [2.75, 3.05) is 0 Å². The Morgan fingerprint density at radius 2 is 0.628 bits per heavy atom. The van der Waals surface area contributed by atoms with Gasteiger partial charge < -0.3 is 37.2 Å². The van der Waals surface area contributed by atoms with Gasteiger partial charge in [0.15, 0.2) is 46.0 Å². The minimum Gasteiger partial charge on any atom is -0.504 e. The normalized spacial score (nSPS) is 12.7. The van der Waals surface area contributed by atoms with Crippen molar-refractivity contribution >= 4 is 63.1 Å². The lowest BCUT2D eigenvalue weighted by molar-refractivity contribution is 0.340. The predicted molar refractivity (Wildman–Crippen MR) is 139 cm³/mol. The fraction of sp³-hybridized carbons (Fsp3) is 0. The van der Waals surface area contributed by atoms with Gasteiger partial charge in [-0.3, -0.25) is 9.11 Å². The summed E-state index contributed by atoms with van der Waals surface area (Å²) in [6.07, 6.45) is 0. The number of benzene rings is 4. The molecule has 0 aliphatic heterocycles. The number of rotatable bonds is 10. The summed E-state index contributed by atoms with van der Waals surface area (Å²) in [6, 6.07) is 6.58. The maximum absolute atomic E-state index is 12.3. The molecule has 0 saturated carbocycles. The molecule has 0 atom stereocenters. The Balaban J connectivity index is 1.58. The second-order valence-electron chi connectivity index (χ2n) is 7.91. The number of phenols is 4. The van der Waals surface area contributed by atoms with Gasteiger partial charge in [0.1, 0.15) is 0 Å². The van der Waals surface area contributed by atoms with E-state index in [-0.39, 0.29) is 21.5 Å². The molecule has 4 rings (SSSR count). The Morgan fingerprint density at radius 1 is 0.395 bits per heavy atom. The smallest absolute Gasteiger partial charge is 0.466 e. The topological polar surface area (TPSA) is 304 Å². The Bertz CT molecular complexity index is 2070. The van der Waals surface area contributed by atoms with Crippen molar-refractivity contribution in [2.24, 2.45) is 0 Å². The van der Waals surface area contributed by atoms with E-state index in [9.17, 15) is 54.1 Å². The molecular formula is C20H14O19S4. The molecule has 4 aromatic rings. The fourth-order valence-corrected chi connectivity index (χ4v) is 5.98. The zero-order valence-corrected chi connectivity index (χ0v) is 23.5. The number of fused-ring (bicyclic) bond motifs is 2. The van der Waals surface area contributed by atoms with Crippen molar-refractivity contribution < 1.29 is 83.6 Å². The molecule has 0 amide bonds. The summed E-state index contributed by atoms with van der Waals surface area (Å²) in [6.45, 7) is 0. The Kier molecular flexibility index (Phi) is 7.77. The van der Waals surface area contributed by atoms with E-state index in [1.165, 1.54) is 0 Å². The third kappa shape index (κ3) is 7.11. The first-order valence-electron chi connectivity index (χ1n) is 10.6. The first-order valence-corrected chi connectivity index (χ1v) is 15.9. The van der Waals surface area contributed by atoms with Crippen LogP contribution in [-0.2, 0) is 45.2 Å². The van der Waals surface area contributed by atoms with Crippen LogP contribution >= 0.6 is 0 Å². The highest BCUT2D eigenvalue weighted by Crippen LogP contribution is 2.44. The monoisotopic (exact) mass is 686 g/mol. The fourth-order valence-electron chi connectivity index (χ4n) is 3.51. The van der Waals surface area contributed by atoms with Crippen molar-refractivity contribution in [3.63, 3.8) is 0 Å². The van der Waals surface area contributed by atoms with E-state index in [1.54, 1.807) is 0 Å². The molecule has 43 heavy (non-hydrogen) atoms. The van der Waals surface area contributed by atoms with Gasteiger partial charge in [-0.2, -0.15) is 33.7 Å². The van der Waals surface area contributed by atoms with Gasteiger partial charge in [-0.05, 0) is 48.5 Å². The van der Waals surface area contributed by atoms with Gasteiger partial charge in [0.05, 0.1) is 0 Å². The number of hydrogen-bond acceptors (Lipinski definition) is 17. The lowest BCUT2D eigenvalue weighted by atomic mass is 10.1. The molecule has 0 saturated heterocycles. The molecule has 0 aliphatic rings. The molecule has 4 aromatic carbocycles. The quantitative estimate of drug-likeness (QED) is 0.127. The highest BCUT2D eigenvalue weighted by Gasteiger charge is 2.30. The summed E-state index contributed by atoms with van der Waals surface area (Å²) in [5.74, 6) is -7.25. The lowest BCUT2D eigenvalue weighted by Gasteiger charge is -2.13. The first-order chi connectivity index (χ1) is 19.7. The van der Waals surface area contributed by atoms with Crippen LogP contribution in [0.3, 0.4) is 0 Å². The molecule has 0 radical (unpaired) electrons. The molecule has 0 bridgehead atoms. The average Bonchev–Trinajstić information content (AvgIpc) is 2.84. The van der Waals surface area contributed by atoms with E-state index < -0.39 is 87.6 Å². The Labute approximate surface area is 240 Å². The van der Waals surface area contributed by atoms with Crippen LogP contribution < -0.4 is 16.7 Å². The van der Waals surface area contributed by atoms with Crippen LogP contribution in [-0.4, -0.2) is 63.2 Å². The molecule has 0 aliphatic carbocycles. The van der Waals surface area contributed by atoms with Crippen molar-refractivity contribution in [1.82, 2.24) is 0 Å². The molecule has 0 spiro atoms. The molecular weight excluding hydrogens is 672 g/mol. The summed E-state index contributed by atoms with van der Waals surface area (Å²) in [5, 5.41) is 39.7. The molecule has 0 fully saturated rings. The SMILES string of the molecule is O=S(=O)(O)Oc1ccc2c(O)c(OS(=O)(=O)OS(=O)(=O)Oc3ccc4c(O)c(OS(=O)(=O)O)ccc4c3O)ccc2c1O. The average molecular weight is 687 g/mol. The summed E-state index contributed by atoms with van der Waals surface area (Å²) >= 11 is 0. The Morgan fingerprint density at radius 3 is 0.860 bits per heavy atom. The van der Waals surface area contributed by atoms with Gasteiger partial charge in [-0.15, -0.1) is 0 Å². The molecule has 23 heteroatoms. The summed E-state index contributed by atoms with van der Waals surface area (Å²) in [5.41, 5.74) is 0. The predicted octanol–water partition coefficient (Wildman–Crippen LogP) is 1.14. The van der Waals surface area contributed by atoms with Gasteiger partial charge in [0.2, 0.25) is 0 Å². The third-order valence-corrected chi connectivity index (χ3v) is 7.96. The van der Waals surface area contributed by atoms with Crippen molar-refractivity contribution in [3.8, 4) is 46.0 Å². The van der Waals surface area contributed by atoms with Crippen LogP contribution in [0.4, 0.5) is 0 Å². The van der Waals surface area contributed by atoms with E-state index in [1.807, 2.05) is 0 Å². The molecule has 19 nitrogen and oxygen atoms in total. The van der Waals surface area contributed by atoms with Crippen molar-refractivity contribution in [3.05, 3.63) is 48.5 Å². The molecule has 0 heterocycles. The first kappa shape index (κ1) is 31.4. The van der Waals surface area contributed by atoms with Gasteiger partial charge >= 0.3 is 41.6 Å². The van der Waals surface area contributed by atoms with Crippen LogP contribution in [0.2, 0.25) is 0 Å². The van der Waals surface area contributed by atoms with Gasteiger partial charge in [-0.1, -0.05) is 3.63 Å². The van der Waals surface area contributed by atoms with Crippen LogP contribution in [0.1, 0.15) is 0 Å². The van der Waals surface area contributed by atoms with E-state index in [0.29, 0.717) is 12.1 Å². The highest BCUT2D eigenvalue weighted by molar-refractivity contribution is 7.95. The minimum atomic E-state index is -5.62. The van der Waals surface area contributed by atoms with Gasteiger partial charge in [-0.25, -0.2) is 0 Å². The van der Waals surface area contributed by atoms with Crippen molar-refractivity contribution in [1.29, 1.82) is 0 Å². The second kappa shape index (κ2) is 10.6. The molecule has 0 aromatic heterocycles. The maximum Gasteiger partial charge on any atom is 0.466 e. The van der Waals surface area contributed by atoms with Gasteiger partial charge in [0, 0.05) is 21.5 Å². The van der Waals surface area contributed by atoms with Crippen LogP contribution in [0.5, 0.6) is 46.0 Å². The summed E-state index contributed by atoms with van der Waals surface area (Å²) < 4.78 is 131. The number of aromatic hydroxyl groups is 4. The molecule has 6 N–H and O–H groups in total. The molecule has 0 unspecified atom stereocenters. The van der Waals surface area contributed by atoms with E-state index in [2.05, 4.69) is 20.4 Å². The zero-order chi connectivity index (χ0) is 32.1. The highest BCUT2D eigenvalue weighted by atomic mass is 32.3. The minimum absolute atomic E-state index is 0.324. The van der Waals surface area contributed by atoms with Gasteiger partial charge in [0.25, 0.3) is 0 Å². The largest absolute Gasteiger partial charge is 0.504 e. The van der Waals surface area contributed by atoms with E-state index in [0.717, 1.165) is 36.4 Å². The second-order valence-corrected chi connectivity index (χ2v) is 12.5. The van der Waals surface area contributed by atoms with E-state index >= 15 is 0 Å². The van der Waals surface area contributed by atoms with Crippen molar-refractivity contribution in [2.45, 2.75) is 0 Å². The zero-order valence-electron chi connectivity index (χ0n) is 20.2. The van der Waals surface area contributed by atoms with E-state index in [4.69, 9.17) is 9.11 Å². The lowest BCUT2D eigenvalue weighted by Crippen LogP contribution is -2.22. The molecule has 232 valence electrons. The van der Waals surface area contributed by atoms with Crippen LogP contribution in [0, 0.1) is 0 Å².